The summed E-state index contributed by atoms with van der Waals surface area (Å²) in [7, 11) is 0. The fourth-order valence-electron chi connectivity index (χ4n) is 3.53. The molecular formula is C24H19F7N2O3. The van der Waals surface area contributed by atoms with Gasteiger partial charge in [-0.3, -0.25) is 9.59 Å². The van der Waals surface area contributed by atoms with Crippen LogP contribution in [-0.4, -0.2) is 24.2 Å². The lowest BCUT2D eigenvalue weighted by Gasteiger charge is -2.31. The zero-order valence-electron chi connectivity index (χ0n) is 18.8. The van der Waals surface area contributed by atoms with E-state index in [0.717, 1.165) is 6.92 Å². The number of anilines is 2. The van der Waals surface area contributed by atoms with Crippen molar-refractivity contribution < 1.29 is 44.7 Å². The largest absolute Gasteiger partial charge is 0.459 e. The average molecular weight is 516 g/mol. The fraction of sp³-hybridized carbons (Fsp3) is 0.250. The van der Waals surface area contributed by atoms with Crippen molar-refractivity contribution >= 4 is 23.2 Å². The summed E-state index contributed by atoms with van der Waals surface area (Å²) in [5.74, 6) is -1.32. The summed E-state index contributed by atoms with van der Waals surface area (Å²) in [6, 6.07) is 9.43. The Kier molecular flexibility index (Phi) is 7.19. The third kappa shape index (κ3) is 5.07. The average Bonchev–Trinajstić information content (AvgIpc) is 3.33. The van der Waals surface area contributed by atoms with Crippen molar-refractivity contribution in [2.75, 3.05) is 10.6 Å². The number of aryl methyl sites for hydroxylation is 2. The summed E-state index contributed by atoms with van der Waals surface area (Å²) < 4.78 is 98.8. The Bertz CT molecular complexity index is 1250. The van der Waals surface area contributed by atoms with Gasteiger partial charge in [0.15, 0.2) is 5.76 Å². The molecule has 2 amide bonds. The van der Waals surface area contributed by atoms with Crippen LogP contribution in [0.3, 0.4) is 0 Å². The number of benzene rings is 2. The Morgan fingerprint density at radius 1 is 0.861 bits per heavy atom. The maximum absolute atomic E-state index is 14.6. The van der Waals surface area contributed by atoms with Gasteiger partial charge in [-0.05, 0) is 60.9 Å². The van der Waals surface area contributed by atoms with E-state index in [2.05, 4.69) is 10.6 Å². The summed E-state index contributed by atoms with van der Waals surface area (Å²) in [6.45, 7) is 2.59. The van der Waals surface area contributed by atoms with Crippen LogP contribution in [0.2, 0.25) is 0 Å². The first-order valence-electron chi connectivity index (χ1n) is 10.4. The molecule has 0 aliphatic rings. The molecule has 0 saturated heterocycles. The molecule has 0 atom stereocenters. The van der Waals surface area contributed by atoms with Gasteiger partial charge in [0, 0.05) is 22.5 Å². The predicted molar refractivity (Wildman–Crippen MR) is 117 cm³/mol. The quantitative estimate of drug-likeness (QED) is 0.349. The van der Waals surface area contributed by atoms with E-state index in [1.807, 2.05) is 0 Å². The third-order valence-corrected chi connectivity index (χ3v) is 5.34. The molecular weight excluding hydrogens is 497 g/mol. The van der Waals surface area contributed by atoms with Crippen molar-refractivity contribution in [2.24, 2.45) is 0 Å². The van der Waals surface area contributed by atoms with Gasteiger partial charge in [-0.1, -0.05) is 19.1 Å². The Balaban J connectivity index is 1.92. The van der Waals surface area contributed by atoms with Crippen molar-refractivity contribution in [1.82, 2.24) is 0 Å². The minimum atomic E-state index is -6.26. The Morgan fingerprint density at radius 3 is 2.08 bits per heavy atom. The highest BCUT2D eigenvalue weighted by Crippen LogP contribution is 2.53. The van der Waals surface area contributed by atoms with Crippen LogP contribution in [0.15, 0.2) is 59.2 Å². The zero-order chi connectivity index (χ0) is 26.9. The molecule has 0 bridgehead atoms. The van der Waals surface area contributed by atoms with E-state index in [-0.39, 0.29) is 40.2 Å². The Hall–Kier alpha value is -3.83. The number of rotatable bonds is 6. The first-order chi connectivity index (χ1) is 16.7. The number of carbonyl (C=O) groups is 2. The molecule has 1 aromatic heterocycles. The minimum absolute atomic E-state index is 0.0230. The normalized spacial score (nSPS) is 12.4. The lowest BCUT2D eigenvalue weighted by atomic mass is 9.89. The number of hydrogen-bond acceptors (Lipinski definition) is 3. The second-order valence-corrected chi connectivity index (χ2v) is 7.80. The van der Waals surface area contributed by atoms with Gasteiger partial charge in [0.25, 0.3) is 11.8 Å². The maximum Gasteiger partial charge on any atom is 0.435 e. The van der Waals surface area contributed by atoms with E-state index in [9.17, 15) is 40.3 Å². The van der Waals surface area contributed by atoms with Gasteiger partial charge >= 0.3 is 18.0 Å². The van der Waals surface area contributed by atoms with Crippen LogP contribution >= 0.6 is 0 Å². The molecule has 3 aromatic rings. The summed E-state index contributed by atoms with van der Waals surface area (Å²) in [6.07, 6.45) is -11.3. The van der Waals surface area contributed by atoms with Crippen molar-refractivity contribution in [3.8, 4) is 0 Å². The smallest absolute Gasteiger partial charge is 0.435 e. The second kappa shape index (κ2) is 9.67. The van der Waals surface area contributed by atoms with Crippen LogP contribution in [0.4, 0.5) is 42.1 Å². The van der Waals surface area contributed by atoms with Crippen molar-refractivity contribution in [3.63, 3.8) is 0 Å². The van der Waals surface area contributed by atoms with Crippen molar-refractivity contribution in [2.45, 2.75) is 38.3 Å². The number of halogens is 7. The van der Waals surface area contributed by atoms with Crippen molar-refractivity contribution in [1.29, 1.82) is 0 Å². The highest BCUT2D eigenvalue weighted by Gasteiger charge is 2.73. The number of carbonyl (C=O) groups excluding carboxylic acids is 2. The van der Waals surface area contributed by atoms with E-state index in [1.165, 1.54) is 49.6 Å². The monoisotopic (exact) mass is 516 g/mol. The van der Waals surface area contributed by atoms with Gasteiger partial charge in [-0.15, -0.1) is 0 Å². The van der Waals surface area contributed by atoms with Gasteiger partial charge in [-0.2, -0.15) is 26.3 Å². The summed E-state index contributed by atoms with van der Waals surface area (Å²) in [5, 5.41) is 4.98. The minimum Gasteiger partial charge on any atom is -0.459 e. The molecule has 0 unspecified atom stereocenters. The lowest BCUT2D eigenvalue weighted by molar-refractivity contribution is -0.348. The van der Waals surface area contributed by atoms with Crippen molar-refractivity contribution in [3.05, 3.63) is 82.8 Å². The summed E-state index contributed by atoms with van der Waals surface area (Å²) >= 11 is 0. The van der Waals surface area contributed by atoms with E-state index in [0.29, 0.717) is 12.1 Å². The topological polar surface area (TPSA) is 71.3 Å². The number of hydrogen-bond donors (Lipinski definition) is 2. The summed E-state index contributed by atoms with van der Waals surface area (Å²) in [4.78, 5) is 25.0. The molecule has 5 nitrogen and oxygen atoms in total. The van der Waals surface area contributed by atoms with Gasteiger partial charge in [0.2, 0.25) is 0 Å². The lowest BCUT2D eigenvalue weighted by Crippen LogP contribution is -2.50. The van der Waals surface area contributed by atoms with E-state index in [1.54, 1.807) is 0 Å². The molecule has 0 radical (unpaired) electrons. The third-order valence-electron chi connectivity index (χ3n) is 5.34. The standard InChI is InChI=1S/C24H19F7N2O3/c1-3-14-11-16(22(25,23(26,27)28)24(29,30)31)10-13(2)19(14)33-20(34)15-6-4-7-17(12-15)32-21(35)18-8-5-9-36-18/h4-12H,3H2,1-2H3,(H,32,35)(H,33,34). The molecule has 36 heavy (non-hydrogen) atoms. The molecule has 12 heteroatoms. The van der Waals surface area contributed by atoms with Gasteiger partial charge in [0.05, 0.1) is 6.26 Å². The number of alkyl halides is 7. The summed E-state index contributed by atoms with van der Waals surface area (Å²) in [5.41, 5.74) is -7.34. The van der Waals surface area contributed by atoms with Crippen LogP contribution in [0, 0.1) is 6.92 Å². The predicted octanol–water partition coefficient (Wildman–Crippen LogP) is 6.94. The number of amides is 2. The molecule has 2 N–H and O–H groups in total. The van der Waals surface area contributed by atoms with Gasteiger partial charge in [0.1, 0.15) is 0 Å². The Labute approximate surface area is 200 Å². The zero-order valence-corrected chi connectivity index (χ0v) is 18.8. The molecule has 3 rings (SSSR count). The van der Waals surface area contributed by atoms with Crippen LogP contribution in [0.5, 0.6) is 0 Å². The number of furan rings is 1. The first-order valence-corrected chi connectivity index (χ1v) is 10.4. The highest BCUT2D eigenvalue weighted by atomic mass is 19.4. The van der Waals surface area contributed by atoms with Crippen LogP contribution < -0.4 is 10.6 Å². The van der Waals surface area contributed by atoms with Crippen LogP contribution in [0.1, 0.15) is 44.5 Å². The molecule has 0 saturated carbocycles. The molecule has 0 spiro atoms. The fourth-order valence-corrected chi connectivity index (χ4v) is 3.53. The molecule has 0 aliphatic carbocycles. The van der Waals surface area contributed by atoms with Crippen LogP contribution in [0.25, 0.3) is 0 Å². The van der Waals surface area contributed by atoms with E-state index < -0.39 is 35.4 Å². The first kappa shape index (κ1) is 26.8. The second-order valence-electron chi connectivity index (χ2n) is 7.80. The molecule has 192 valence electrons. The van der Waals surface area contributed by atoms with E-state index >= 15 is 0 Å². The number of nitrogens with one attached hydrogen (secondary N) is 2. The maximum atomic E-state index is 14.6. The molecule has 1 heterocycles. The van der Waals surface area contributed by atoms with Gasteiger partial charge in [-0.25, -0.2) is 4.39 Å². The van der Waals surface area contributed by atoms with E-state index in [4.69, 9.17) is 4.42 Å². The molecule has 2 aromatic carbocycles. The van der Waals surface area contributed by atoms with Gasteiger partial charge < -0.3 is 15.1 Å². The highest BCUT2D eigenvalue weighted by molar-refractivity contribution is 6.07. The SMILES string of the molecule is CCc1cc(C(F)(C(F)(F)F)C(F)(F)F)cc(C)c1NC(=O)c1cccc(NC(=O)c2ccco2)c1. The van der Waals surface area contributed by atoms with Crippen LogP contribution in [-0.2, 0) is 12.1 Å². The molecule has 0 fully saturated rings. The molecule has 0 aliphatic heterocycles. The Morgan fingerprint density at radius 2 is 1.53 bits per heavy atom.